The van der Waals surface area contributed by atoms with Gasteiger partial charge in [0, 0.05) is 31.1 Å². The highest BCUT2D eigenvalue weighted by molar-refractivity contribution is 9.10. The van der Waals surface area contributed by atoms with Crippen molar-refractivity contribution in [3.8, 4) is 0 Å². The van der Waals surface area contributed by atoms with Crippen molar-refractivity contribution < 1.29 is 4.79 Å². The summed E-state index contributed by atoms with van der Waals surface area (Å²) in [6, 6.07) is 1.68. The van der Waals surface area contributed by atoms with Gasteiger partial charge >= 0.3 is 0 Å². The molecule has 1 atom stereocenters. The number of alkyl halides is 1. The zero-order valence-corrected chi connectivity index (χ0v) is 11.4. The van der Waals surface area contributed by atoms with Crippen molar-refractivity contribution in [2.75, 3.05) is 17.3 Å². The minimum atomic E-state index is 0.0524. The Bertz CT molecular complexity index is 427. The Morgan fingerprint density at radius 3 is 2.94 bits per heavy atom. The van der Waals surface area contributed by atoms with Gasteiger partial charge in [-0.15, -0.1) is 11.6 Å². The summed E-state index contributed by atoms with van der Waals surface area (Å²) in [4.78, 5) is 17.5. The SMILES string of the molecule is O=C1CC(CCl)CN1c1cc(Cl)c(Br)cn1. The third-order valence-electron chi connectivity index (χ3n) is 2.49. The molecule has 0 aliphatic carbocycles. The first-order valence-electron chi connectivity index (χ1n) is 4.79. The molecule has 1 unspecified atom stereocenters. The molecule has 1 aromatic heterocycles. The van der Waals surface area contributed by atoms with Crippen LogP contribution in [0.4, 0.5) is 5.82 Å². The van der Waals surface area contributed by atoms with Gasteiger partial charge in [-0.1, -0.05) is 11.6 Å². The highest BCUT2D eigenvalue weighted by Crippen LogP contribution is 2.29. The number of pyridine rings is 1. The molecule has 1 aliphatic rings. The van der Waals surface area contributed by atoms with E-state index in [1.807, 2.05) is 0 Å². The molecule has 6 heteroatoms. The lowest BCUT2D eigenvalue weighted by atomic mass is 10.1. The monoisotopic (exact) mass is 322 g/mol. The fourth-order valence-corrected chi connectivity index (χ4v) is 2.23. The molecule has 86 valence electrons. The van der Waals surface area contributed by atoms with Crippen molar-refractivity contribution in [1.82, 2.24) is 4.98 Å². The summed E-state index contributed by atoms with van der Waals surface area (Å²) in [6.45, 7) is 0.618. The van der Waals surface area contributed by atoms with Crippen LogP contribution in [-0.4, -0.2) is 23.3 Å². The van der Waals surface area contributed by atoms with E-state index in [-0.39, 0.29) is 11.8 Å². The minimum Gasteiger partial charge on any atom is -0.296 e. The smallest absolute Gasteiger partial charge is 0.228 e. The molecule has 2 heterocycles. The summed E-state index contributed by atoms with van der Waals surface area (Å²) in [6.07, 6.45) is 2.08. The zero-order valence-electron chi connectivity index (χ0n) is 8.29. The first-order chi connectivity index (χ1) is 7.61. The third kappa shape index (κ3) is 2.34. The molecule has 0 spiro atoms. The van der Waals surface area contributed by atoms with Gasteiger partial charge < -0.3 is 0 Å². The van der Waals surface area contributed by atoms with Gasteiger partial charge in [-0.2, -0.15) is 0 Å². The van der Waals surface area contributed by atoms with Crippen molar-refractivity contribution in [3.05, 3.63) is 21.8 Å². The van der Waals surface area contributed by atoms with Crippen molar-refractivity contribution >= 4 is 50.9 Å². The van der Waals surface area contributed by atoms with Crippen molar-refractivity contribution in [3.63, 3.8) is 0 Å². The van der Waals surface area contributed by atoms with Crippen LogP contribution in [0, 0.1) is 5.92 Å². The van der Waals surface area contributed by atoms with Crippen LogP contribution >= 0.6 is 39.1 Å². The van der Waals surface area contributed by atoms with Crippen LogP contribution in [0.2, 0.25) is 5.02 Å². The third-order valence-corrected chi connectivity index (χ3v) is 4.10. The Labute approximate surface area is 112 Å². The standard InChI is InChI=1S/C10H9BrCl2N2O/c11-7-4-14-9(2-8(7)13)15-5-6(3-12)1-10(15)16/h2,4,6H,1,3,5H2. The maximum atomic E-state index is 11.7. The van der Waals surface area contributed by atoms with Gasteiger partial charge in [0.2, 0.25) is 5.91 Å². The quantitative estimate of drug-likeness (QED) is 0.784. The largest absolute Gasteiger partial charge is 0.296 e. The number of carbonyl (C=O) groups excluding carboxylic acids is 1. The van der Waals surface area contributed by atoms with Gasteiger partial charge in [0.15, 0.2) is 0 Å². The molecule has 1 aromatic rings. The molecule has 0 saturated carbocycles. The molecule has 2 rings (SSSR count). The Balaban J connectivity index is 2.24. The molecular weight excluding hydrogens is 315 g/mol. The Morgan fingerprint density at radius 1 is 1.62 bits per heavy atom. The van der Waals surface area contributed by atoms with Crippen molar-refractivity contribution in [2.24, 2.45) is 5.92 Å². The summed E-state index contributed by atoms with van der Waals surface area (Å²) in [5, 5.41) is 0.548. The second kappa shape index (κ2) is 4.90. The van der Waals surface area contributed by atoms with E-state index in [1.54, 1.807) is 17.2 Å². The van der Waals surface area contributed by atoms with E-state index >= 15 is 0 Å². The van der Waals surface area contributed by atoms with E-state index in [2.05, 4.69) is 20.9 Å². The van der Waals surface area contributed by atoms with E-state index in [1.165, 1.54) is 0 Å². The fourth-order valence-electron chi connectivity index (χ4n) is 1.66. The predicted octanol–water partition coefficient (Wildman–Crippen LogP) is 3.09. The van der Waals surface area contributed by atoms with E-state index < -0.39 is 0 Å². The van der Waals surface area contributed by atoms with Crippen molar-refractivity contribution in [2.45, 2.75) is 6.42 Å². The molecule has 3 nitrogen and oxygen atoms in total. The van der Waals surface area contributed by atoms with Crippen LogP contribution in [0.3, 0.4) is 0 Å². The molecule has 1 aliphatic heterocycles. The average Bonchev–Trinajstić information content (AvgIpc) is 2.64. The lowest BCUT2D eigenvalue weighted by Crippen LogP contribution is -2.25. The number of hydrogen-bond acceptors (Lipinski definition) is 2. The molecule has 0 aromatic carbocycles. The van der Waals surface area contributed by atoms with Crippen LogP contribution in [0.5, 0.6) is 0 Å². The topological polar surface area (TPSA) is 33.2 Å². The normalized spacial score (nSPS) is 20.6. The zero-order chi connectivity index (χ0) is 11.7. The van der Waals surface area contributed by atoms with E-state index in [9.17, 15) is 4.79 Å². The summed E-state index contributed by atoms with van der Waals surface area (Å²) in [5.74, 6) is 1.34. The lowest BCUT2D eigenvalue weighted by Gasteiger charge is -2.15. The number of carbonyl (C=O) groups is 1. The average molecular weight is 324 g/mol. The van der Waals surface area contributed by atoms with Gasteiger partial charge in [-0.25, -0.2) is 4.98 Å². The molecule has 0 bridgehead atoms. The van der Waals surface area contributed by atoms with Gasteiger partial charge in [-0.3, -0.25) is 9.69 Å². The summed E-state index contributed by atoms with van der Waals surface area (Å²) in [7, 11) is 0. The number of amides is 1. The molecule has 1 saturated heterocycles. The molecule has 0 radical (unpaired) electrons. The number of hydrogen-bond donors (Lipinski definition) is 0. The van der Waals surface area contributed by atoms with Crippen LogP contribution in [0.15, 0.2) is 16.7 Å². The highest BCUT2D eigenvalue weighted by Gasteiger charge is 2.30. The molecule has 0 N–H and O–H groups in total. The lowest BCUT2D eigenvalue weighted by molar-refractivity contribution is -0.117. The number of anilines is 1. The van der Waals surface area contributed by atoms with E-state index in [4.69, 9.17) is 23.2 Å². The molecule has 16 heavy (non-hydrogen) atoms. The van der Waals surface area contributed by atoms with Crippen LogP contribution < -0.4 is 4.90 Å². The van der Waals surface area contributed by atoms with Gasteiger partial charge in [0.1, 0.15) is 5.82 Å². The maximum absolute atomic E-state index is 11.7. The molecule has 1 fully saturated rings. The molecular formula is C10H9BrCl2N2O. The van der Waals surface area contributed by atoms with Crippen LogP contribution in [0.25, 0.3) is 0 Å². The highest BCUT2D eigenvalue weighted by atomic mass is 79.9. The summed E-state index contributed by atoms with van der Waals surface area (Å²) in [5.41, 5.74) is 0. The van der Waals surface area contributed by atoms with Crippen LogP contribution in [-0.2, 0) is 4.79 Å². The maximum Gasteiger partial charge on any atom is 0.228 e. The summed E-state index contributed by atoms with van der Waals surface area (Å²) < 4.78 is 0.721. The predicted molar refractivity (Wildman–Crippen MR) is 68.1 cm³/mol. The van der Waals surface area contributed by atoms with E-state index in [0.717, 1.165) is 4.47 Å². The van der Waals surface area contributed by atoms with Gasteiger partial charge in [0.05, 0.1) is 9.50 Å². The van der Waals surface area contributed by atoms with Gasteiger partial charge in [0.25, 0.3) is 0 Å². The second-order valence-electron chi connectivity index (χ2n) is 3.69. The van der Waals surface area contributed by atoms with Crippen molar-refractivity contribution in [1.29, 1.82) is 0 Å². The Morgan fingerprint density at radius 2 is 2.38 bits per heavy atom. The Hall–Kier alpha value is -0.320. The fraction of sp³-hybridized carbons (Fsp3) is 0.400. The Kier molecular flexibility index (Phi) is 3.72. The second-order valence-corrected chi connectivity index (χ2v) is 5.26. The number of aromatic nitrogens is 1. The first kappa shape index (κ1) is 12.1. The van der Waals surface area contributed by atoms with Crippen LogP contribution in [0.1, 0.15) is 6.42 Å². The molecule has 1 amide bonds. The minimum absolute atomic E-state index is 0.0524. The number of rotatable bonds is 2. The first-order valence-corrected chi connectivity index (χ1v) is 6.49. The van der Waals surface area contributed by atoms with Gasteiger partial charge in [-0.05, 0) is 21.8 Å². The number of halogens is 3. The number of nitrogens with zero attached hydrogens (tertiary/aromatic N) is 2. The summed E-state index contributed by atoms with van der Waals surface area (Å²) >= 11 is 15.0. The van der Waals surface area contributed by atoms with E-state index in [0.29, 0.717) is 29.7 Å².